The molecule has 1 aliphatic heterocycles. The average Bonchev–Trinajstić information content (AvgIpc) is 2.98. The van der Waals surface area contributed by atoms with Crippen molar-refractivity contribution in [1.29, 1.82) is 0 Å². The molecule has 6 nitrogen and oxygen atoms in total. The third-order valence-corrected chi connectivity index (χ3v) is 4.26. The molecule has 1 saturated heterocycles. The van der Waals surface area contributed by atoms with Gasteiger partial charge in [-0.05, 0) is 42.8 Å². The normalized spacial score (nSPS) is 16.7. The minimum atomic E-state index is -0.745. The fourth-order valence-electron chi connectivity index (χ4n) is 2.28. The number of aryl methyl sites for hydroxylation is 1. The van der Waals surface area contributed by atoms with Gasteiger partial charge >= 0.3 is 6.03 Å². The van der Waals surface area contributed by atoms with Gasteiger partial charge in [-0.25, -0.2) is 4.79 Å². The predicted octanol–water partition coefficient (Wildman–Crippen LogP) is 3.11. The minimum absolute atomic E-state index is 0.152. The van der Waals surface area contributed by atoms with Crippen molar-refractivity contribution in [3.8, 4) is 11.3 Å². The number of amides is 4. The second-order valence-electron chi connectivity index (χ2n) is 5.37. The quantitative estimate of drug-likeness (QED) is 0.632. The van der Waals surface area contributed by atoms with Crippen LogP contribution in [0.4, 0.5) is 4.79 Å². The summed E-state index contributed by atoms with van der Waals surface area (Å²) in [6.07, 6.45) is 1.33. The molecular weight excluding hydrogens is 376 g/mol. The molecule has 2 heterocycles. The summed E-state index contributed by atoms with van der Waals surface area (Å²) in [7, 11) is 1.30. The van der Waals surface area contributed by atoms with Crippen molar-refractivity contribution in [3.05, 3.63) is 51.7 Å². The molecule has 2 aromatic rings. The monoisotopic (exact) mass is 388 g/mol. The number of hydrogen-bond acceptors (Lipinski definition) is 4. The molecule has 1 N–H and O–H groups in total. The van der Waals surface area contributed by atoms with Gasteiger partial charge in [-0.1, -0.05) is 22.0 Å². The highest BCUT2D eigenvalue weighted by molar-refractivity contribution is 9.10. The first-order valence-corrected chi connectivity index (χ1v) is 7.87. The fraction of sp³-hybridized carbons (Fsp3) is 0.118. The molecule has 122 valence electrons. The Morgan fingerprint density at radius 1 is 1.17 bits per heavy atom. The van der Waals surface area contributed by atoms with Crippen molar-refractivity contribution in [2.24, 2.45) is 0 Å². The molecule has 0 atom stereocenters. The Morgan fingerprint density at radius 2 is 1.92 bits per heavy atom. The van der Waals surface area contributed by atoms with E-state index < -0.39 is 17.8 Å². The molecule has 1 aromatic carbocycles. The van der Waals surface area contributed by atoms with Crippen LogP contribution < -0.4 is 5.32 Å². The molecule has 7 heteroatoms. The number of benzene rings is 1. The maximum absolute atomic E-state index is 12.0. The van der Waals surface area contributed by atoms with Gasteiger partial charge in [0, 0.05) is 17.1 Å². The Kier molecular flexibility index (Phi) is 4.11. The zero-order valence-electron chi connectivity index (χ0n) is 12.9. The van der Waals surface area contributed by atoms with E-state index in [0.717, 1.165) is 20.5 Å². The van der Waals surface area contributed by atoms with Crippen molar-refractivity contribution in [3.63, 3.8) is 0 Å². The first-order valence-electron chi connectivity index (χ1n) is 7.08. The van der Waals surface area contributed by atoms with E-state index in [0.29, 0.717) is 11.5 Å². The highest BCUT2D eigenvalue weighted by Crippen LogP contribution is 2.31. The molecule has 1 aromatic heterocycles. The highest BCUT2D eigenvalue weighted by atomic mass is 79.9. The van der Waals surface area contributed by atoms with Crippen molar-refractivity contribution >= 4 is 39.9 Å². The molecule has 24 heavy (non-hydrogen) atoms. The van der Waals surface area contributed by atoms with E-state index in [1.54, 1.807) is 12.1 Å². The van der Waals surface area contributed by atoms with Crippen LogP contribution in [0.1, 0.15) is 11.3 Å². The summed E-state index contributed by atoms with van der Waals surface area (Å²) >= 11 is 3.49. The van der Waals surface area contributed by atoms with E-state index in [-0.39, 0.29) is 5.57 Å². The maximum Gasteiger partial charge on any atom is 0.331 e. The summed E-state index contributed by atoms with van der Waals surface area (Å²) in [5.41, 5.74) is 1.81. The van der Waals surface area contributed by atoms with Crippen molar-refractivity contribution in [2.45, 2.75) is 6.92 Å². The molecule has 0 radical (unpaired) electrons. The zero-order chi connectivity index (χ0) is 17.4. The van der Waals surface area contributed by atoms with E-state index in [1.165, 1.54) is 13.1 Å². The topological polar surface area (TPSA) is 79.6 Å². The number of hydrogen-bond donors (Lipinski definition) is 1. The van der Waals surface area contributed by atoms with Gasteiger partial charge in [-0.15, -0.1) is 0 Å². The van der Waals surface area contributed by atoms with Crippen LogP contribution in [0.15, 0.2) is 44.8 Å². The molecule has 3 rings (SSSR count). The number of furan rings is 1. The van der Waals surface area contributed by atoms with E-state index in [1.807, 2.05) is 25.1 Å². The third-order valence-electron chi connectivity index (χ3n) is 3.61. The predicted molar refractivity (Wildman–Crippen MR) is 90.9 cm³/mol. The van der Waals surface area contributed by atoms with Crippen LogP contribution >= 0.6 is 15.9 Å². The lowest BCUT2D eigenvalue weighted by Gasteiger charge is -2.21. The smallest absolute Gasteiger partial charge is 0.331 e. The number of carbonyl (C=O) groups excluding carboxylic acids is 3. The van der Waals surface area contributed by atoms with Gasteiger partial charge in [-0.2, -0.15) is 0 Å². The van der Waals surface area contributed by atoms with Crippen LogP contribution in [-0.2, 0) is 9.59 Å². The number of urea groups is 1. The summed E-state index contributed by atoms with van der Waals surface area (Å²) in [5.74, 6) is -0.462. The van der Waals surface area contributed by atoms with Crippen LogP contribution in [0, 0.1) is 6.92 Å². The van der Waals surface area contributed by atoms with Gasteiger partial charge in [-0.3, -0.25) is 19.8 Å². The molecule has 0 saturated carbocycles. The Hall–Kier alpha value is -2.67. The van der Waals surface area contributed by atoms with Gasteiger partial charge < -0.3 is 4.42 Å². The van der Waals surface area contributed by atoms with Crippen molar-refractivity contribution in [2.75, 3.05) is 7.05 Å². The number of halogens is 1. The van der Waals surface area contributed by atoms with Gasteiger partial charge in [0.1, 0.15) is 17.1 Å². The van der Waals surface area contributed by atoms with Crippen molar-refractivity contribution in [1.82, 2.24) is 10.2 Å². The Morgan fingerprint density at radius 3 is 2.62 bits per heavy atom. The van der Waals surface area contributed by atoms with E-state index in [4.69, 9.17) is 4.42 Å². The Labute approximate surface area is 146 Å². The SMILES string of the molecule is Cc1ccc(-c2ccc(C=C3C(=O)NC(=O)N(C)C3=O)o2)c(Br)c1. The summed E-state index contributed by atoms with van der Waals surface area (Å²) in [5, 5.41) is 2.09. The average molecular weight is 389 g/mol. The second kappa shape index (κ2) is 6.09. The molecule has 0 unspecified atom stereocenters. The van der Waals surface area contributed by atoms with Gasteiger partial charge in [0.15, 0.2) is 0 Å². The number of barbiturate groups is 1. The minimum Gasteiger partial charge on any atom is -0.457 e. The molecule has 0 spiro atoms. The van der Waals surface area contributed by atoms with Crippen LogP contribution in [0.5, 0.6) is 0 Å². The number of nitrogens with one attached hydrogen (secondary N) is 1. The second-order valence-corrected chi connectivity index (χ2v) is 6.22. The lowest BCUT2D eigenvalue weighted by Crippen LogP contribution is -2.52. The number of likely N-dealkylation sites (N-methyl/N-ethyl adjacent to an activating group) is 1. The lowest BCUT2D eigenvalue weighted by molar-refractivity contribution is -0.129. The van der Waals surface area contributed by atoms with Crippen LogP contribution in [-0.4, -0.2) is 29.8 Å². The largest absolute Gasteiger partial charge is 0.457 e. The van der Waals surface area contributed by atoms with E-state index in [9.17, 15) is 14.4 Å². The Bertz CT molecular complexity index is 898. The first-order chi connectivity index (χ1) is 11.4. The van der Waals surface area contributed by atoms with Gasteiger partial charge in [0.25, 0.3) is 11.8 Å². The zero-order valence-corrected chi connectivity index (χ0v) is 14.5. The van der Waals surface area contributed by atoms with Crippen LogP contribution in [0.3, 0.4) is 0 Å². The summed E-state index contributed by atoms with van der Waals surface area (Å²) in [6, 6.07) is 8.51. The van der Waals surface area contributed by atoms with E-state index in [2.05, 4.69) is 21.2 Å². The first kappa shape index (κ1) is 16.2. The molecule has 4 amide bonds. The third kappa shape index (κ3) is 2.90. The van der Waals surface area contributed by atoms with Gasteiger partial charge in [0.2, 0.25) is 0 Å². The van der Waals surface area contributed by atoms with Gasteiger partial charge in [0.05, 0.1) is 0 Å². The van der Waals surface area contributed by atoms with Crippen LogP contribution in [0.2, 0.25) is 0 Å². The molecular formula is C17H13BrN2O4. The number of carbonyl (C=O) groups is 3. The van der Waals surface area contributed by atoms with E-state index >= 15 is 0 Å². The highest BCUT2D eigenvalue weighted by Gasteiger charge is 2.33. The fourth-order valence-corrected chi connectivity index (χ4v) is 2.97. The number of rotatable bonds is 2. The summed E-state index contributed by atoms with van der Waals surface area (Å²) in [4.78, 5) is 36.1. The standard InChI is InChI=1S/C17H13BrN2O4/c1-9-3-5-11(13(18)7-9)14-6-4-10(24-14)8-12-15(21)19-17(23)20(2)16(12)22/h3-8H,1-2H3,(H,19,21,23). The Balaban J connectivity index is 1.95. The molecule has 0 bridgehead atoms. The summed E-state index contributed by atoms with van der Waals surface area (Å²) in [6.45, 7) is 1.98. The molecule has 1 aliphatic rings. The number of nitrogens with zero attached hydrogens (tertiary/aromatic N) is 1. The van der Waals surface area contributed by atoms with Crippen molar-refractivity contribution < 1.29 is 18.8 Å². The number of imide groups is 2. The lowest BCUT2D eigenvalue weighted by atomic mass is 10.1. The molecule has 1 fully saturated rings. The maximum atomic E-state index is 12.0. The summed E-state index contributed by atoms with van der Waals surface area (Å²) < 4.78 is 6.59. The van der Waals surface area contributed by atoms with Crippen LogP contribution in [0.25, 0.3) is 17.4 Å². The molecule has 0 aliphatic carbocycles.